The van der Waals surface area contributed by atoms with Gasteiger partial charge in [-0.05, 0) is 18.1 Å². The summed E-state index contributed by atoms with van der Waals surface area (Å²) in [6.07, 6.45) is 0.605. The van der Waals surface area contributed by atoms with Gasteiger partial charge in [0.25, 0.3) is 0 Å². The quantitative estimate of drug-likeness (QED) is 0.749. The van der Waals surface area contributed by atoms with Crippen molar-refractivity contribution in [2.45, 2.75) is 18.9 Å². The zero-order chi connectivity index (χ0) is 10.9. The summed E-state index contributed by atoms with van der Waals surface area (Å²) in [5.41, 5.74) is 2.43. The molecule has 2 N–H and O–H groups in total. The maximum atomic E-state index is 9.32. The second-order valence-corrected chi connectivity index (χ2v) is 4.07. The standard InChI is InChI=1S/C12H15NO2/c1-9-11-5-3-2-4-10(11)6-12(7-14,8-15)13-9/h2-5,14-15H,6-8H2,1H3. The molecule has 0 spiro atoms. The zero-order valence-corrected chi connectivity index (χ0v) is 8.77. The van der Waals surface area contributed by atoms with Crippen LogP contribution >= 0.6 is 0 Å². The van der Waals surface area contributed by atoms with Crippen molar-refractivity contribution in [2.24, 2.45) is 4.99 Å². The summed E-state index contributed by atoms with van der Waals surface area (Å²) in [6, 6.07) is 7.99. The number of rotatable bonds is 2. The van der Waals surface area contributed by atoms with E-state index in [1.165, 1.54) is 0 Å². The molecule has 0 aromatic heterocycles. The molecule has 0 radical (unpaired) electrons. The van der Waals surface area contributed by atoms with Gasteiger partial charge >= 0.3 is 0 Å². The average molecular weight is 205 g/mol. The maximum Gasteiger partial charge on any atom is 0.111 e. The Labute approximate surface area is 89.1 Å². The fraction of sp³-hybridized carbons (Fsp3) is 0.417. The van der Waals surface area contributed by atoms with Crippen LogP contribution in [0.1, 0.15) is 18.1 Å². The first-order valence-corrected chi connectivity index (χ1v) is 5.07. The van der Waals surface area contributed by atoms with Crippen molar-refractivity contribution < 1.29 is 10.2 Å². The Morgan fingerprint density at radius 1 is 1.27 bits per heavy atom. The molecule has 0 aliphatic carbocycles. The number of nitrogens with zero attached hydrogens (tertiary/aromatic N) is 1. The minimum atomic E-state index is -0.724. The fourth-order valence-corrected chi connectivity index (χ4v) is 2.07. The first-order valence-electron chi connectivity index (χ1n) is 5.07. The van der Waals surface area contributed by atoms with Crippen molar-refractivity contribution in [1.82, 2.24) is 0 Å². The number of fused-ring (bicyclic) bond motifs is 1. The summed E-state index contributed by atoms with van der Waals surface area (Å²) in [4.78, 5) is 4.41. The molecule has 15 heavy (non-hydrogen) atoms. The highest BCUT2D eigenvalue weighted by atomic mass is 16.3. The van der Waals surface area contributed by atoms with Crippen molar-refractivity contribution in [1.29, 1.82) is 0 Å². The molecule has 1 aromatic rings. The Morgan fingerprint density at radius 3 is 2.60 bits per heavy atom. The molecule has 3 heteroatoms. The Bertz CT molecular complexity index is 394. The van der Waals surface area contributed by atoms with E-state index >= 15 is 0 Å². The van der Waals surface area contributed by atoms with Crippen LogP contribution < -0.4 is 0 Å². The monoisotopic (exact) mass is 205 g/mol. The molecule has 1 aromatic carbocycles. The van der Waals surface area contributed by atoms with Gasteiger partial charge in [-0.25, -0.2) is 0 Å². The van der Waals surface area contributed by atoms with Gasteiger partial charge in [-0.3, -0.25) is 4.99 Å². The second-order valence-electron chi connectivity index (χ2n) is 4.07. The van der Waals surface area contributed by atoms with E-state index in [0.29, 0.717) is 6.42 Å². The summed E-state index contributed by atoms with van der Waals surface area (Å²) in [7, 11) is 0. The largest absolute Gasteiger partial charge is 0.394 e. The molecule has 80 valence electrons. The van der Waals surface area contributed by atoms with Gasteiger partial charge in [-0.2, -0.15) is 0 Å². The molecule has 3 nitrogen and oxygen atoms in total. The number of benzene rings is 1. The highest BCUT2D eigenvalue weighted by Crippen LogP contribution is 2.26. The van der Waals surface area contributed by atoms with Crippen molar-refractivity contribution in [3.8, 4) is 0 Å². The lowest BCUT2D eigenvalue weighted by Gasteiger charge is -2.31. The Kier molecular flexibility index (Phi) is 2.59. The topological polar surface area (TPSA) is 52.8 Å². The predicted molar refractivity (Wildman–Crippen MR) is 59.3 cm³/mol. The summed E-state index contributed by atoms with van der Waals surface area (Å²) in [6.45, 7) is 1.68. The van der Waals surface area contributed by atoms with Crippen LogP contribution in [0.4, 0.5) is 0 Å². The highest BCUT2D eigenvalue weighted by Gasteiger charge is 2.32. The van der Waals surface area contributed by atoms with E-state index in [1.807, 2.05) is 31.2 Å². The maximum absolute atomic E-state index is 9.32. The Morgan fingerprint density at radius 2 is 1.93 bits per heavy atom. The first kappa shape index (κ1) is 10.3. The van der Waals surface area contributed by atoms with E-state index in [2.05, 4.69) is 4.99 Å². The van der Waals surface area contributed by atoms with Crippen LogP contribution in [0.25, 0.3) is 0 Å². The second kappa shape index (κ2) is 3.76. The van der Waals surface area contributed by atoms with Crippen LogP contribution in [-0.2, 0) is 6.42 Å². The SMILES string of the molecule is CC1=NC(CO)(CO)Cc2ccccc21. The van der Waals surface area contributed by atoms with Gasteiger partial charge in [0.05, 0.1) is 13.2 Å². The smallest absolute Gasteiger partial charge is 0.111 e. The molecule has 0 amide bonds. The van der Waals surface area contributed by atoms with E-state index in [-0.39, 0.29) is 13.2 Å². The molecule has 0 fully saturated rings. The van der Waals surface area contributed by atoms with Crippen LogP contribution in [0.3, 0.4) is 0 Å². The summed E-state index contributed by atoms with van der Waals surface area (Å²) >= 11 is 0. The summed E-state index contributed by atoms with van der Waals surface area (Å²) in [5, 5.41) is 18.6. The van der Waals surface area contributed by atoms with E-state index in [0.717, 1.165) is 16.8 Å². The van der Waals surface area contributed by atoms with Crippen molar-refractivity contribution in [3.05, 3.63) is 35.4 Å². The molecular formula is C12H15NO2. The third-order valence-corrected chi connectivity index (χ3v) is 2.92. The lowest BCUT2D eigenvalue weighted by Crippen LogP contribution is -2.41. The molecule has 0 saturated heterocycles. The highest BCUT2D eigenvalue weighted by molar-refractivity contribution is 6.01. The number of aliphatic imine (C=N–C) groups is 1. The van der Waals surface area contributed by atoms with Crippen molar-refractivity contribution >= 4 is 5.71 Å². The third kappa shape index (κ3) is 1.68. The fourth-order valence-electron chi connectivity index (χ4n) is 2.07. The van der Waals surface area contributed by atoms with Crippen LogP contribution in [0.15, 0.2) is 29.3 Å². The number of aliphatic hydroxyl groups is 2. The van der Waals surface area contributed by atoms with Gasteiger partial charge in [0.1, 0.15) is 5.54 Å². The molecule has 2 rings (SSSR count). The summed E-state index contributed by atoms with van der Waals surface area (Å²) < 4.78 is 0. The molecule has 0 unspecified atom stereocenters. The molecule has 0 saturated carbocycles. The molecule has 1 aliphatic rings. The van der Waals surface area contributed by atoms with Crippen LogP contribution in [0.2, 0.25) is 0 Å². The van der Waals surface area contributed by atoms with Crippen molar-refractivity contribution in [3.63, 3.8) is 0 Å². The van der Waals surface area contributed by atoms with Crippen LogP contribution in [-0.4, -0.2) is 34.7 Å². The number of hydrogen-bond acceptors (Lipinski definition) is 3. The first-order chi connectivity index (χ1) is 7.21. The average Bonchev–Trinajstić information content (AvgIpc) is 2.29. The van der Waals surface area contributed by atoms with E-state index in [1.54, 1.807) is 0 Å². The predicted octanol–water partition coefficient (Wildman–Crippen LogP) is 0.775. The normalized spacial score (nSPS) is 18.2. The lowest BCUT2D eigenvalue weighted by atomic mass is 9.86. The minimum Gasteiger partial charge on any atom is -0.394 e. The number of hydrogen-bond donors (Lipinski definition) is 2. The van der Waals surface area contributed by atoms with E-state index in [4.69, 9.17) is 0 Å². The third-order valence-electron chi connectivity index (χ3n) is 2.92. The Balaban J connectivity index is 2.48. The van der Waals surface area contributed by atoms with Crippen LogP contribution in [0, 0.1) is 0 Å². The molecule has 0 atom stereocenters. The van der Waals surface area contributed by atoms with E-state index < -0.39 is 5.54 Å². The van der Waals surface area contributed by atoms with Gasteiger partial charge in [0.2, 0.25) is 0 Å². The van der Waals surface area contributed by atoms with Gasteiger partial charge in [-0.15, -0.1) is 0 Å². The molecule has 1 aliphatic heterocycles. The zero-order valence-electron chi connectivity index (χ0n) is 8.77. The summed E-state index contributed by atoms with van der Waals surface area (Å²) in [5.74, 6) is 0. The van der Waals surface area contributed by atoms with E-state index in [9.17, 15) is 10.2 Å². The molecule has 1 heterocycles. The molecular weight excluding hydrogens is 190 g/mol. The van der Waals surface area contributed by atoms with Gasteiger partial charge < -0.3 is 10.2 Å². The molecule has 0 bridgehead atoms. The van der Waals surface area contributed by atoms with Gasteiger partial charge in [0.15, 0.2) is 0 Å². The van der Waals surface area contributed by atoms with Gasteiger partial charge in [0, 0.05) is 12.1 Å². The van der Waals surface area contributed by atoms with Crippen molar-refractivity contribution in [2.75, 3.05) is 13.2 Å². The van der Waals surface area contributed by atoms with Crippen LogP contribution in [0.5, 0.6) is 0 Å². The van der Waals surface area contributed by atoms with Gasteiger partial charge in [-0.1, -0.05) is 24.3 Å². The number of aliphatic hydroxyl groups excluding tert-OH is 2. The lowest BCUT2D eigenvalue weighted by molar-refractivity contribution is 0.121. The Hall–Kier alpha value is -1.19. The minimum absolute atomic E-state index is 0.116.